The van der Waals surface area contributed by atoms with Crippen molar-refractivity contribution in [2.75, 3.05) is 6.54 Å². The standard InChI is InChI=1S/C43H65N7O9/c1-5-7-16-32(45-27-51)38(53)48-35(24-28(3)4)40(55)50-36(25-29-14-10-9-11-15-29)41(56)46-33(17-8-6-2)39(54)49-37(26-30-19-21-31(52)22-20-30)42(57)47-34(43(58)59)18-12-13-23-44/h9-11,14-15,19-22,27-28,32-37,52H,5-8,12-13,16-18,23-26,44H2,1-4H3,(H,45,51)(H,46,56)(H,47,57)(H,48,53)(H,49,54)(H,50,55)(H,58,59)/t32-,33-,34-,35-,36-,37-/m0/s1. The first-order valence-electron chi connectivity index (χ1n) is 20.7. The summed E-state index contributed by atoms with van der Waals surface area (Å²) < 4.78 is 0. The topological polar surface area (TPSA) is 258 Å². The smallest absolute Gasteiger partial charge is 0.326 e. The van der Waals surface area contributed by atoms with Gasteiger partial charge < -0.3 is 47.8 Å². The summed E-state index contributed by atoms with van der Waals surface area (Å²) in [6.07, 6.45) is 5.01. The average molecular weight is 824 g/mol. The van der Waals surface area contributed by atoms with Gasteiger partial charge in [0.1, 0.15) is 42.0 Å². The van der Waals surface area contributed by atoms with Gasteiger partial charge in [0.15, 0.2) is 0 Å². The number of hydrogen-bond acceptors (Lipinski definition) is 9. The Labute approximate surface area is 347 Å². The monoisotopic (exact) mass is 823 g/mol. The zero-order chi connectivity index (χ0) is 43.7. The van der Waals surface area contributed by atoms with Crippen molar-refractivity contribution in [2.45, 2.75) is 141 Å². The zero-order valence-corrected chi connectivity index (χ0v) is 34.8. The van der Waals surface area contributed by atoms with Gasteiger partial charge >= 0.3 is 5.97 Å². The largest absolute Gasteiger partial charge is 0.508 e. The van der Waals surface area contributed by atoms with E-state index >= 15 is 0 Å². The van der Waals surface area contributed by atoms with Gasteiger partial charge in [-0.05, 0) is 74.2 Å². The molecule has 0 saturated carbocycles. The number of nitrogens with one attached hydrogen (secondary N) is 6. The highest BCUT2D eigenvalue weighted by molar-refractivity contribution is 5.96. The minimum Gasteiger partial charge on any atom is -0.508 e. The third kappa shape index (κ3) is 18.7. The summed E-state index contributed by atoms with van der Waals surface area (Å²) >= 11 is 0. The van der Waals surface area contributed by atoms with E-state index in [0.717, 1.165) is 6.42 Å². The molecule has 326 valence electrons. The third-order valence-electron chi connectivity index (χ3n) is 9.74. The number of phenols is 1. The molecule has 10 N–H and O–H groups in total. The fourth-order valence-corrected chi connectivity index (χ4v) is 6.41. The number of phenolic OH excluding ortho intramolecular Hbond substituents is 1. The number of carboxylic acids is 1. The molecular weight excluding hydrogens is 759 g/mol. The first-order chi connectivity index (χ1) is 28.2. The molecule has 6 amide bonds. The van der Waals surface area contributed by atoms with Crippen LogP contribution in [-0.2, 0) is 46.4 Å². The third-order valence-corrected chi connectivity index (χ3v) is 9.74. The Kier molecular flexibility index (Phi) is 22.9. The molecule has 0 aliphatic rings. The lowest BCUT2D eigenvalue weighted by atomic mass is 9.99. The van der Waals surface area contributed by atoms with Gasteiger partial charge in [0.2, 0.25) is 35.9 Å². The number of aromatic hydroxyl groups is 1. The number of carboxylic acid groups (broad SMARTS) is 1. The first kappa shape index (κ1) is 49.6. The summed E-state index contributed by atoms with van der Waals surface area (Å²) in [5.41, 5.74) is 6.86. The maximum Gasteiger partial charge on any atom is 0.326 e. The number of benzene rings is 2. The van der Waals surface area contributed by atoms with Crippen LogP contribution in [0.1, 0.15) is 103 Å². The van der Waals surface area contributed by atoms with Crippen molar-refractivity contribution >= 4 is 41.9 Å². The lowest BCUT2D eigenvalue weighted by molar-refractivity contribution is -0.142. The van der Waals surface area contributed by atoms with Crippen LogP contribution < -0.4 is 37.6 Å². The Bertz CT molecular complexity index is 1620. The molecule has 0 aromatic heterocycles. The molecule has 0 heterocycles. The second-order valence-corrected chi connectivity index (χ2v) is 15.2. The molecular formula is C43H65N7O9. The van der Waals surface area contributed by atoms with E-state index < -0.39 is 71.8 Å². The molecule has 16 heteroatoms. The SMILES string of the molecule is CCCC[C@H](NC=O)C(=O)N[C@@H](CC(C)C)C(=O)N[C@@H](Cc1ccccc1)C(=O)N[C@@H](CCCC)C(=O)N[C@@H](Cc1ccc(O)cc1)C(=O)N[C@@H](CCCCN)C(=O)O. The molecule has 0 aliphatic heterocycles. The maximum absolute atomic E-state index is 14.2. The van der Waals surface area contributed by atoms with Crippen molar-refractivity contribution in [1.29, 1.82) is 0 Å². The van der Waals surface area contributed by atoms with Crippen LogP contribution in [0.15, 0.2) is 54.6 Å². The number of aliphatic carboxylic acids is 1. The number of carbonyl (C=O) groups excluding carboxylic acids is 6. The lowest BCUT2D eigenvalue weighted by Crippen LogP contribution is -2.60. The fourth-order valence-electron chi connectivity index (χ4n) is 6.41. The van der Waals surface area contributed by atoms with Crippen molar-refractivity contribution in [1.82, 2.24) is 31.9 Å². The predicted octanol–water partition coefficient (Wildman–Crippen LogP) is 2.36. The summed E-state index contributed by atoms with van der Waals surface area (Å²) in [5, 5.41) is 35.8. The van der Waals surface area contributed by atoms with E-state index in [1.165, 1.54) is 12.1 Å². The van der Waals surface area contributed by atoms with Gasteiger partial charge in [0.05, 0.1) is 0 Å². The highest BCUT2D eigenvalue weighted by Gasteiger charge is 2.33. The molecule has 0 saturated heterocycles. The molecule has 0 aliphatic carbocycles. The molecule has 59 heavy (non-hydrogen) atoms. The molecule has 0 spiro atoms. The van der Waals surface area contributed by atoms with Gasteiger partial charge in [0, 0.05) is 12.8 Å². The Morgan fingerprint density at radius 1 is 0.593 bits per heavy atom. The number of carbonyl (C=O) groups is 7. The van der Waals surface area contributed by atoms with Gasteiger partial charge in [0.25, 0.3) is 0 Å². The van der Waals surface area contributed by atoms with E-state index in [-0.39, 0.29) is 43.8 Å². The molecule has 0 unspecified atom stereocenters. The number of rotatable bonds is 29. The van der Waals surface area contributed by atoms with Crippen molar-refractivity contribution in [3.8, 4) is 5.75 Å². The summed E-state index contributed by atoms with van der Waals surface area (Å²) in [7, 11) is 0. The van der Waals surface area contributed by atoms with E-state index in [2.05, 4.69) is 31.9 Å². The second-order valence-electron chi connectivity index (χ2n) is 15.2. The molecule has 2 aromatic carbocycles. The maximum atomic E-state index is 14.2. The minimum absolute atomic E-state index is 0.00638. The van der Waals surface area contributed by atoms with Crippen LogP contribution in [0.2, 0.25) is 0 Å². The van der Waals surface area contributed by atoms with Gasteiger partial charge in [-0.25, -0.2) is 4.79 Å². The highest BCUT2D eigenvalue weighted by Crippen LogP contribution is 2.14. The van der Waals surface area contributed by atoms with Crippen LogP contribution in [0, 0.1) is 5.92 Å². The summed E-state index contributed by atoms with van der Waals surface area (Å²) in [5.74, 6) is -4.56. The van der Waals surface area contributed by atoms with Crippen LogP contribution in [0.5, 0.6) is 5.75 Å². The lowest BCUT2D eigenvalue weighted by Gasteiger charge is -2.28. The zero-order valence-electron chi connectivity index (χ0n) is 34.8. The molecule has 0 fully saturated rings. The van der Waals surface area contributed by atoms with E-state index in [9.17, 15) is 43.8 Å². The van der Waals surface area contributed by atoms with Crippen LogP contribution in [0.3, 0.4) is 0 Å². The highest BCUT2D eigenvalue weighted by atomic mass is 16.4. The molecule has 2 rings (SSSR count). The van der Waals surface area contributed by atoms with Crippen molar-refractivity contribution in [3.05, 3.63) is 65.7 Å². The van der Waals surface area contributed by atoms with Crippen molar-refractivity contribution in [3.63, 3.8) is 0 Å². The van der Waals surface area contributed by atoms with E-state index in [0.29, 0.717) is 62.6 Å². The Morgan fingerprint density at radius 2 is 1.03 bits per heavy atom. The van der Waals surface area contributed by atoms with Gasteiger partial charge in [-0.1, -0.05) is 95.8 Å². The molecule has 2 aromatic rings. The molecule has 0 bridgehead atoms. The average Bonchev–Trinajstić information content (AvgIpc) is 3.20. The minimum atomic E-state index is -1.26. The number of hydrogen-bond donors (Lipinski definition) is 9. The Hall–Kier alpha value is -5.51. The first-order valence-corrected chi connectivity index (χ1v) is 20.7. The quantitative estimate of drug-likeness (QED) is 0.0428. The van der Waals surface area contributed by atoms with E-state index in [1.54, 1.807) is 36.4 Å². The van der Waals surface area contributed by atoms with Crippen LogP contribution >= 0.6 is 0 Å². The van der Waals surface area contributed by atoms with Crippen LogP contribution in [0.25, 0.3) is 0 Å². The van der Waals surface area contributed by atoms with Crippen LogP contribution in [-0.4, -0.2) is 94.9 Å². The van der Waals surface area contributed by atoms with E-state index in [4.69, 9.17) is 5.73 Å². The summed E-state index contributed by atoms with van der Waals surface area (Å²) in [6, 6.07) is 8.21. The molecule has 6 atom stereocenters. The van der Waals surface area contributed by atoms with Gasteiger partial charge in [-0.3, -0.25) is 28.8 Å². The second kappa shape index (κ2) is 27.2. The number of nitrogens with two attached hydrogens (primary N) is 1. The van der Waals surface area contributed by atoms with Crippen molar-refractivity contribution in [2.24, 2.45) is 11.7 Å². The normalized spacial score (nSPS) is 14.1. The summed E-state index contributed by atoms with van der Waals surface area (Å²) in [4.78, 5) is 92.5. The van der Waals surface area contributed by atoms with E-state index in [1.807, 2.05) is 33.8 Å². The van der Waals surface area contributed by atoms with Crippen molar-refractivity contribution < 1.29 is 43.8 Å². The number of amides is 6. The number of unbranched alkanes of at least 4 members (excludes halogenated alkanes) is 3. The summed E-state index contributed by atoms with van der Waals surface area (Å²) in [6.45, 7) is 7.99. The molecule has 16 nitrogen and oxygen atoms in total. The van der Waals surface area contributed by atoms with Gasteiger partial charge in [-0.2, -0.15) is 0 Å². The Morgan fingerprint density at radius 3 is 1.54 bits per heavy atom. The predicted molar refractivity (Wildman–Crippen MR) is 224 cm³/mol. The fraction of sp³-hybridized carbons (Fsp3) is 0.558. The van der Waals surface area contributed by atoms with Gasteiger partial charge in [-0.15, -0.1) is 0 Å². The van der Waals surface area contributed by atoms with Crippen LogP contribution in [0.4, 0.5) is 0 Å². The molecule has 0 radical (unpaired) electrons. The Balaban J connectivity index is 2.42.